The Bertz CT molecular complexity index is 1020. The molecule has 4 rings (SSSR count). The summed E-state index contributed by atoms with van der Waals surface area (Å²) in [5.41, 5.74) is 4.19. The molecule has 3 aromatic carbocycles. The van der Waals surface area contributed by atoms with Crippen LogP contribution in [0.1, 0.15) is 30.1 Å². The highest BCUT2D eigenvalue weighted by atomic mass is 19.4. The summed E-state index contributed by atoms with van der Waals surface area (Å²) in [4.78, 5) is 2.16. The molecule has 3 aromatic rings. The molecule has 0 amide bonds. The Morgan fingerprint density at radius 2 is 1.52 bits per heavy atom. The van der Waals surface area contributed by atoms with E-state index in [-0.39, 0.29) is 17.8 Å². The Hall–Kier alpha value is -3.41. The largest absolute Gasteiger partial charge is 0.573 e. The Balaban J connectivity index is 1.57. The normalized spacial score (nSPS) is 17.2. The van der Waals surface area contributed by atoms with Crippen LogP contribution in [-0.2, 0) is 0 Å². The third-order valence-corrected chi connectivity index (χ3v) is 5.28. The van der Waals surface area contributed by atoms with Crippen molar-refractivity contribution in [1.82, 2.24) is 5.32 Å². The zero-order valence-corrected chi connectivity index (χ0v) is 17.0. The highest BCUT2D eigenvalue weighted by molar-refractivity contribution is 5.56. The van der Waals surface area contributed by atoms with Crippen molar-refractivity contribution in [2.24, 2.45) is 0 Å². The molecule has 31 heavy (non-hydrogen) atoms. The van der Waals surface area contributed by atoms with E-state index in [1.165, 1.54) is 17.7 Å². The number of rotatable bonds is 6. The predicted molar refractivity (Wildman–Crippen MR) is 116 cm³/mol. The number of alkyl halides is 3. The third-order valence-electron chi connectivity index (χ3n) is 5.28. The molecule has 0 saturated heterocycles. The van der Waals surface area contributed by atoms with Crippen molar-refractivity contribution in [3.63, 3.8) is 0 Å². The van der Waals surface area contributed by atoms with Gasteiger partial charge in [0.1, 0.15) is 5.75 Å². The molecular weight excluding hydrogens is 401 g/mol. The molecule has 0 saturated carbocycles. The molecule has 1 N–H and O–H groups in total. The second-order valence-corrected chi connectivity index (χ2v) is 7.49. The fraction of sp³-hybridized carbons (Fsp3) is 0.200. The maximum atomic E-state index is 12.5. The summed E-state index contributed by atoms with van der Waals surface area (Å²) in [6.45, 7) is 2.73. The van der Waals surface area contributed by atoms with Crippen molar-refractivity contribution in [2.45, 2.75) is 25.4 Å². The molecule has 0 unspecified atom stereocenters. The van der Waals surface area contributed by atoms with Crippen LogP contribution in [-0.4, -0.2) is 12.9 Å². The second kappa shape index (κ2) is 8.76. The molecule has 0 radical (unpaired) electrons. The molecule has 0 aromatic heterocycles. The molecular formula is C25H23F3N2O. The fourth-order valence-electron chi connectivity index (χ4n) is 3.83. The quantitative estimate of drug-likeness (QED) is 0.497. The Morgan fingerprint density at radius 1 is 0.903 bits per heavy atom. The van der Waals surface area contributed by atoms with Crippen LogP contribution in [0.25, 0.3) is 0 Å². The lowest BCUT2D eigenvalue weighted by Crippen LogP contribution is -2.27. The first-order chi connectivity index (χ1) is 14.9. The number of benzene rings is 3. The van der Waals surface area contributed by atoms with Crippen molar-refractivity contribution in [3.05, 3.63) is 108 Å². The van der Waals surface area contributed by atoms with E-state index >= 15 is 0 Å². The van der Waals surface area contributed by atoms with Crippen LogP contribution in [0.5, 0.6) is 5.75 Å². The van der Waals surface area contributed by atoms with Crippen molar-refractivity contribution < 1.29 is 17.9 Å². The van der Waals surface area contributed by atoms with Gasteiger partial charge in [-0.2, -0.15) is 0 Å². The van der Waals surface area contributed by atoms with Gasteiger partial charge in [0, 0.05) is 17.4 Å². The van der Waals surface area contributed by atoms with Gasteiger partial charge in [0.2, 0.25) is 0 Å². The summed E-state index contributed by atoms with van der Waals surface area (Å²) in [6, 6.07) is 26.4. The van der Waals surface area contributed by atoms with Gasteiger partial charge in [-0.15, -0.1) is 13.2 Å². The molecule has 0 fully saturated rings. The lowest BCUT2D eigenvalue weighted by Gasteiger charge is -2.27. The van der Waals surface area contributed by atoms with Gasteiger partial charge in [0.05, 0.1) is 12.6 Å². The topological polar surface area (TPSA) is 24.5 Å². The first-order valence-electron chi connectivity index (χ1n) is 10.1. The first-order valence-corrected chi connectivity index (χ1v) is 10.1. The van der Waals surface area contributed by atoms with E-state index < -0.39 is 6.36 Å². The molecule has 6 heteroatoms. The van der Waals surface area contributed by atoms with Crippen molar-refractivity contribution in [2.75, 3.05) is 11.4 Å². The smallest absolute Gasteiger partial charge is 0.406 e. The van der Waals surface area contributed by atoms with Crippen molar-refractivity contribution >= 4 is 5.69 Å². The summed E-state index contributed by atoms with van der Waals surface area (Å²) in [6.07, 6.45) is -2.52. The summed E-state index contributed by atoms with van der Waals surface area (Å²) in [7, 11) is 0. The maximum absolute atomic E-state index is 12.5. The van der Waals surface area contributed by atoms with E-state index in [0.29, 0.717) is 6.54 Å². The Morgan fingerprint density at radius 3 is 2.13 bits per heavy atom. The van der Waals surface area contributed by atoms with E-state index in [2.05, 4.69) is 52.2 Å². The molecule has 3 nitrogen and oxygen atoms in total. The highest BCUT2D eigenvalue weighted by Gasteiger charge is 2.31. The van der Waals surface area contributed by atoms with Crippen LogP contribution in [0, 0.1) is 0 Å². The van der Waals surface area contributed by atoms with Gasteiger partial charge in [0.25, 0.3) is 0 Å². The zero-order valence-electron chi connectivity index (χ0n) is 17.0. The van der Waals surface area contributed by atoms with Gasteiger partial charge in [-0.1, -0.05) is 60.7 Å². The van der Waals surface area contributed by atoms with Crippen LogP contribution < -0.4 is 15.0 Å². The molecule has 0 spiro atoms. The van der Waals surface area contributed by atoms with Crippen LogP contribution in [0.2, 0.25) is 0 Å². The molecule has 2 atom stereocenters. The maximum Gasteiger partial charge on any atom is 0.573 e. The number of ether oxygens (including phenoxy) is 1. The minimum Gasteiger partial charge on any atom is -0.406 e. The van der Waals surface area contributed by atoms with Crippen molar-refractivity contribution in [1.29, 1.82) is 0 Å². The lowest BCUT2D eigenvalue weighted by molar-refractivity contribution is -0.274. The van der Waals surface area contributed by atoms with Gasteiger partial charge < -0.3 is 15.0 Å². The number of halogens is 3. The van der Waals surface area contributed by atoms with Crippen molar-refractivity contribution in [3.8, 4) is 5.75 Å². The Kier molecular flexibility index (Phi) is 5.89. The lowest BCUT2D eigenvalue weighted by atomic mass is 10.1. The summed E-state index contributed by atoms with van der Waals surface area (Å²) < 4.78 is 41.5. The molecule has 1 heterocycles. The second-order valence-electron chi connectivity index (χ2n) is 7.49. The monoisotopic (exact) mass is 424 g/mol. The van der Waals surface area contributed by atoms with E-state index in [1.54, 1.807) is 12.1 Å². The number of hydrogen-bond acceptors (Lipinski definition) is 3. The minimum absolute atomic E-state index is 0.0268. The molecule has 0 aliphatic carbocycles. The predicted octanol–water partition coefficient (Wildman–Crippen LogP) is 6.38. The number of anilines is 1. The van der Waals surface area contributed by atoms with E-state index in [4.69, 9.17) is 0 Å². The molecule has 160 valence electrons. The highest BCUT2D eigenvalue weighted by Crippen LogP contribution is 2.36. The van der Waals surface area contributed by atoms with Gasteiger partial charge in [-0.05, 0) is 48.4 Å². The summed E-state index contributed by atoms with van der Waals surface area (Å²) in [5, 5.41) is 3.58. The number of nitrogens with one attached hydrogen (secondary N) is 1. The van der Waals surface area contributed by atoms with Gasteiger partial charge >= 0.3 is 6.36 Å². The average Bonchev–Trinajstić information content (AvgIpc) is 3.18. The number of nitrogens with zero attached hydrogens (tertiary/aromatic N) is 1. The zero-order chi connectivity index (χ0) is 21.8. The molecule has 1 aliphatic rings. The standard InChI is InChI=1S/C25H23F3N2O/c1-18(19-8-4-2-5-9-19)29-21-16-24(20-10-6-3-7-11-20)30(17-21)22-12-14-23(15-13-22)31-25(26,27)28/h2-16,18,24,29H,17H2,1H3/t18-,24-/m1/s1. The van der Waals surface area contributed by atoms with Crippen LogP contribution in [0.3, 0.4) is 0 Å². The van der Waals surface area contributed by atoms with Gasteiger partial charge in [-0.3, -0.25) is 0 Å². The minimum atomic E-state index is -4.70. The summed E-state index contributed by atoms with van der Waals surface area (Å²) >= 11 is 0. The van der Waals surface area contributed by atoms with Gasteiger partial charge in [-0.25, -0.2) is 0 Å². The van der Waals surface area contributed by atoms with E-state index in [1.807, 2.05) is 36.4 Å². The van der Waals surface area contributed by atoms with Crippen LogP contribution >= 0.6 is 0 Å². The third kappa shape index (κ3) is 5.20. The molecule has 0 bridgehead atoms. The van der Waals surface area contributed by atoms with Crippen LogP contribution in [0.15, 0.2) is 96.7 Å². The molecule has 1 aliphatic heterocycles. The van der Waals surface area contributed by atoms with Crippen LogP contribution in [0.4, 0.5) is 18.9 Å². The summed E-state index contributed by atoms with van der Waals surface area (Å²) in [5.74, 6) is -0.226. The van der Waals surface area contributed by atoms with E-state index in [9.17, 15) is 13.2 Å². The Labute approximate surface area is 179 Å². The van der Waals surface area contributed by atoms with E-state index in [0.717, 1.165) is 16.9 Å². The first kappa shape index (κ1) is 20.8. The average molecular weight is 424 g/mol. The fourth-order valence-corrected chi connectivity index (χ4v) is 3.83. The van der Waals surface area contributed by atoms with Gasteiger partial charge in [0.15, 0.2) is 0 Å². The SMILES string of the molecule is C[C@@H](NC1=C[C@H](c2ccccc2)N(c2ccc(OC(F)(F)F)cc2)C1)c1ccccc1. The number of hydrogen-bond donors (Lipinski definition) is 1.